The number of benzene rings is 1. The van der Waals surface area contributed by atoms with Crippen molar-refractivity contribution in [1.29, 1.82) is 0 Å². The molecule has 0 aliphatic rings. The number of carbonyl (C=O) groups is 1. The minimum absolute atomic E-state index is 0.0911. The van der Waals surface area contributed by atoms with Crippen LogP contribution in [0.5, 0.6) is 0 Å². The molecule has 0 fully saturated rings. The van der Waals surface area contributed by atoms with Crippen LogP contribution < -0.4 is 5.32 Å². The molecule has 1 unspecified atom stereocenters. The lowest BCUT2D eigenvalue weighted by atomic mass is 9.96. The lowest BCUT2D eigenvalue weighted by Crippen LogP contribution is -2.29. The fourth-order valence-corrected chi connectivity index (χ4v) is 2.49. The third kappa shape index (κ3) is 4.65. The second-order valence-electron chi connectivity index (χ2n) is 4.72. The molecule has 4 nitrogen and oxygen atoms in total. The molecule has 0 saturated heterocycles. The topological polar surface area (TPSA) is 62.2 Å². The molecule has 110 valence electrons. The summed E-state index contributed by atoms with van der Waals surface area (Å²) in [5.74, 6) is -0.0667. The van der Waals surface area contributed by atoms with E-state index in [1.165, 1.54) is 6.20 Å². The number of amides is 1. The van der Waals surface area contributed by atoms with Crippen LogP contribution in [-0.4, -0.2) is 29.1 Å². The number of aliphatic hydroxyl groups excluding tert-OH is 1. The van der Waals surface area contributed by atoms with Crippen LogP contribution in [0.3, 0.4) is 0 Å². The Bertz CT molecular complexity index is 590. The first kappa shape index (κ1) is 15.7. The maximum Gasteiger partial charge on any atom is 0.252 e. The summed E-state index contributed by atoms with van der Waals surface area (Å²) >= 11 is 3.30. The molecule has 0 spiro atoms. The molecule has 1 amide bonds. The van der Waals surface area contributed by atoms with Crippen molar-refractivity contribution in [3.8, 4) is 0 Å². The van der Waals surface area contributed by atoms with Crippen molar-refractivity contribution in [2.45, 2.75) is 12.3 Å². The van der Waals surface area contributed by atoms with Crippen LogP contribution in [0.1, 0.15) is 28.3 Å². The van der Waals surface area contributed by atoms with Gasteiger partial charge >= 0.3 is 0 Å². The van der Waals surface area contributed by atoms with Crippen LogP contribution in [-0.2, 0) is 0 Å². The highest BCUT2D eigenvalue weighted by atomic mass is 79.9. The van der Waals surface area contributed by atoms with Gasteiger partial charge in [0.1, 0.15) is 0 Å². The zero-order chi connectivity index (χ0) is 15.1. The van der Waals surface area contributed by atoms with Crippen molar-refractivity contribution in [3.63, 3.8) is 0 Å². The minimum Gasteiger partial charge on any atom is -0.396 e. The molecule has 1 heterocycles. The van der Waals surface area contributed by atoms with Crippen molar-refractivity contribution in [1.82, 2.24) is 10.3 Å². The highest BCUT2D eigenvalue weighted by Gasteiger charge is 2.13. The first-order chi connectivity index (χ1) is 10.2. The van der Waals surface area contributed by atoms with Gasteiger partial charge in [-0.05, 0) is 34.0 Å². The van der Waals surface area contributed by atoms with Gasteiger partial charge in [-0.3, -0.25) is 9.78 Å². The molecule has 0 saturated carbocycles. The molecule has 0 aliphatic carbocycles. The van der Waals surface area contributed by atoms with E-state index in [4.69, 9.17) is 0 Å². The Hall–Kier alpha value is -1.72. The lowest BCUT2D eigenvalue weighted by Gasteiger charge is -2.17. The molecule has 2 rings (SSSR count). The number of halogens is 1. The van der Waals surface area contributed by atoms with E-state index in [2.05, 4.69) is 26.2 Å². The number of nitrogens with zero attached hydrogens (tertiary/aromatic N) is 1. The van der Waals surface area contributed by atoms with Gasteiger partial charge in [0.15, 0.2) is 0 Å². The minimum atomic E-state index is -0.164. The number of carbonyl (C=O) groups excluding carboxylic acids is 1. The number of aromatic nitrogens is 1. The SMILES string of the molecule is O=C(NCC(CCO)c1ccccc1)c1cncc(Br)c1. The van der Waals surface area contributed by atoms with Gasteiger partial charge in [-0.1, -0.05) is 30.3 Å². The predicted octanol–water partition coefficient (Wildman–Crippen LogP) is 2.74. The monoisotopic (exact) mass is 348 g/mol. The molecule has 21 heavy (non-hydrogen) atoms. The lowest BCUT2D eigenvalue weighted by molar-refractivity contribution is 0.0949. The fourth-order valence-electron chi connectivity index (χ4n) is 2.12. The Kier molecular flexibility index (Phi) is 5.90. The van der Waals surface area contributed by atoms with Crippen LogP contribution in [0.2, 0.25) is 0 Å². The van der Waals surface area contributed by atoms with E-state index in [1.807, 2.05) is 30.3 Å². The smallest absolute Gasteiger partial charge is 0.252 e. The Balaban J connectivity index is 2.00. The number of nitrogens with one attached hydrogen (secondary N) is 1. The third-order valence-corrected chi connectivity index (χ3v) is 3.66. The number of rotatable bonds is 6. The molecule has 5 heteroatoms. The number of aliphatic hydroxyl groups is 1. The van der Waals surface area contributed by atoms with Gasteiger partial charge in [-0.15, -0.1) is 0 Å². The van der Waals surface area contributed by atoms with Crippen molar-refractivity contribution in [2.24, 2.45) is 0 Å². The summed E-state index contributed by atoms with van der Waals surface area (Å²) in [5.41, 5.74) is 1.62. The molecule has 0 aliphatic heterocycles. The second-order valence-corrected chi connectivity index (χ2v) is 5.64. The van der Waals surface area contributed by atoms with Gasteiger partial charge in [0.25, 0.3) is 5.91 Å². The molecular weight excluding hydrogens is 332 g/mol. The quantitative estimate of drug-likeness (QED) is 0.843. The Morgan fingerprint density at radius 3 is 2.71 bits per heavy atom. The van der Waals surface area contributed by atoms with E-state index in [0.717, 1.165) is 10.0 Å². The largest absolute Gasteiger partial charge is 0.396 e. The van der Waals surface area contributed by atoms with Gasteiger partial charge in [-0.2, -0.15) is 0 Å². The molecule has 2 N–H and O–H groups in total. The normalized spacial score (nSPS) is 11.9. The summed E-state index contributed by atoms with van der Waals surface area (Å²) in [6.45, 7) is 0.573. The molecule has 1 atom stereocenters. The van der Waals surface area contributed by atoms with Gasteiger partial charge in [0.2, 0.25) is 0 Å². The molecule has 0 radical (unpaired) electrons. The zero-order valence-electron chi connectivity index (χ0n) is 11.5. The highest BCUT2D eigenvalue weighted by Crippen LogP contribution is 2.18. The van der Waals surface area contributed by atoms with Crippen molar-refractivity contribution in [2.75, 3.05) is 13.2 Å². The molecule has 1 aromatic heterocycles. The Morgan fingerprint density at radius 1 is 1.29 bits per heavy atom. The Labute approximate surface area is 132 Å². The number of hydrogen-bond acceptors (Lipinski definition) is 3. The predicted molar refractivity (Wildman–Crippen MR) is 85.2 cm³/mol. The van der Waals surface area contributed by atoms with Crippen LogP contribution in [0, 0.1) is 0 Å². The molecular formula is C16H17BrN2O2. The zero-order valence-corrected chi connectivity index (χ0v) is 13.1. The molecule has 2 aromatic rings. The second kappa shape index (κ2) is 7.90. The highest BCUT2D eigenvalue weighted by molar-refractivity contribution is 9.10. The van der Waals surface area contributed by atoms with Crippen LogP contribution >= 0.6 is 15.9 Å². The summed E-state index contributed by atoms with van der Waals surface area (Å²) in [4.78, 5) is 16.1. The van der Waals surface area contributed by atoms with E-state index in [-0.39, 0.29) is 18.4 Å². The maximum absolute atomic E-state index is 12.1. The first-order valence-electron chi connectivity index (χ1n) is 6.75. The summed E-state index contributed by atoms with van der Waals surface area (Å²) in [6, 6.07) is 11.6. The molecule has 1 aromatic carbocycles. The van der Waals surface area contributed by atoms with Gasteiger partial charge < -0.3 is 10.4 Å². The number of pyridine rings is 1. The van der Waals surface area contributed by atoms with E-state index in [9.17, 15) is 9.90 Å². The summed E-state index contributed by atoms with van der Waals surface area (Å²) < 4.78 is 0.769. The summed E-state index contributed by atoms with van der Waals surface area (Å²) in [7, 11) is 0. The first-order valence-corrected chi connectivity index (χ1v) is 7.54. The summed E-state index contributed by atoms with van der Waals surface area (Å²) in [6.07, 6.45) is 3.78. The average Bonchev–Trinajstić information content (AvgIpc) is 2.52. The number of hydrogen-bond donors (Lipinski definition) is 2. The van der Waals surface area contributed by atoms with Gasteiger partial charge in [0.05, 0.1) is 5.56 Å². The van der Waals surface area contributed by atoms with Crippen LogP contribution in [0.25, 0.3) is 0 Å². The van der Waals surface area contributed by atoms with Crippen LogP contribution in [0.15, 0.2) is 53.3 Å². The van der Waals surface area contributed by atoms with E-state index >= 15 is 0 Å². The maximum atomic E-state index is 12.1. The Morgan fingerprint density at radius 2 is 2.05 bits per heavy atom. The van der Waals surface area contributed by atoms with Crippen molar-refractivity contribution >= 4 is 21.8 Å². The fraction of sp³-hybridized carbons (Fsp3) is 0.250. The third-order valence-electron chi connectivity index (χ3n) is 3.22. The molecule has 0 bridgehead atoms. The van der Waals surface area contributed by atoms with E-state index in [0.29, 0.717) is 18.5 Å². The van der Waals surface area contributed by atoms with E-state index < -0.39 is 0 Å². The van der Waals surface area contributed by atoms with Gasteiger partial charge in [0, 0.05) is 35.9 Å². The average molecular weight is 349 g/mol. The van der Waals surface area contributed by atoms with E-state index in [1.54, 1.807) is 12.3 Å². The van der Waals surface area contributed by atoms with Gasteiger partial charge in [-0.25, -0.2) is 0 Å². The van der Waals surface area contributed by atoms with Crippen molar-refractivity contribution < 1.29 is 9.90 Å². The van der Waals surface area contributed by atoms with Crippen molar-refractivity contribution in [3.05, 3.63) is 64.4 Å². The standard InChI is InChI=1S/C16H17BrN2O2/c17-15-8-14(9-18-11-15)16(21)19-10-13(6-7-20)12-4-2-1-3-5-12/h1-5,8-9,11,13,20H,6-7,10H2,(H,19,21). The summed E-state index contributed by atoms with van der Waals surface area (Å²) in [5, 5.41) is 12.1. The van der Waals surface area contributed by atoms with Crippen LogP contribution in [0.4, 0.5) is 0 Å².